The molecule has 12 rings (SSSR count). The molecular formula is C61H42N2. The maximum Gasteiger partial charge on any atom is 0.0714 e. The average Bonchev–Trinajstić information content (AvgIpc) is 3.85. The zero-order chi connectivity index (χ0) is 41.7. The number of hydrogen-bond acceptors (Lipinski definition) is 1. The molecule has 0 bridgehead atoms. The Bertz CT molecular complexity index is 3400. The summed E-state index contributed by atoms with van der Waals surface area (Å²) >= 11 is 0. The Hall–Kier alpha value is -8.20. The van der Waals surface area contributed by atoms with Gasteiger partial charge in [-0.3, -0.25) is 0 Å². The molecule has 296 valence electrons. The summed E-state index contributed by atoms with van der Waals surface area (Å²) in [6, 6.07) is 90.7. The van der Waals surface area contributed by atoms with Crippen molar-refractivity contribution < 1.29 is 0 Å². The van der Waals surface area contributed by atoms with Crippen LogP contribution in [-0.2, 0) is 5.41 Å². The second kappa shape index (κ2) is 15.1. The average molecular weight is 803 g/mol. The van der Waals surface area contributed by atoms with Crippen molar-refractivity contribution in [2.45, 2.75) is 5.41 Å². The molecule has 1 aliphatic carbocycles. The molecule has 11 aromatic rings. The van der Waals surface area contributed by atoms with E-state index in [1.54, 1.807) is 0 Å². The number of anilines is 2. The Kier molecular flexibility index (Phi) is 8.76. The van der Waals surface area contributed by atoms with Gasteiger partial charge in [-0.1, -0.05) is 194 Å². The number of fused-ring (bicyclic) bond motifs is 6. The molecule has 0 spiro atoms. The molecular weight excluding hydrogens is 761 g/mol. The van der Waals surface area contributed by atoms with Crippen LogP contribution in [0.15, 0.2) is 249 Å². The summed E-state index contributed by atoms with van der Waals surface area (Å²) in [5.41, 5.74) is 19.9. The standard InChI is InChI=1S/C61H42N2/c1-5-17-42(18-6-1)43-29-34-50(35-30-43)63-59-28-16-14-26-53(59)55-40-46(32-38-60(55)63)45-31-37-58(54(39-45)44-19-7-2-8-20-44)62-49-33-36-52-51-25-13-15-27-56(51)61(57(52)41-49,47-21-9-3-10-22-47)48-23-11-4-12-24-48/h1-41,62H. The molecule has 0 fully saturated rings. The Morgan fingerprint density at radius 1 is 0.317 bits per heavy atom. The molecule has 1 N–H and O–H groups in total. The zero-order valence-corrected chi connectivity index (χ0v) is 34.6. The van der Waals surface area contributed by atoms with Crippen molar-refractivity contribution in [3.05, 3.63) is 271 Å². The van der Waals surface area contributed by atoms with E-state index in [0.717, 1.165) is 28.2 Å². The topological polar surface area (TPSA) is 17.0 Å². The lowest BCUT2D eigenvalue weighted by Gasteiger charge is -2.34. The quantitative estimate of drug-likeness (QED) is 0.162. The van der Waals surface area contributed by atoms with Gasteiger partial charge in [0.05, 0.1) is 16.4 Å². The highest BCUT2D eigenvalue weighted by atomic mass is 15.0. The molecule has 1 heterocycles. The number of nitrogens with zero attached hydrogens (tertiary/aromatic N) is 1. The molecule has 0 amide bonds. The summed E-state index contributed by atoms with van der Waals surface area (Å²) in [5, 5.41) is 6.41. The van der Waals surface area contributed by atoms with Crippen LogP contribution < -0.4 is 5.32 Å². The third-order valence-electron chi connectivity index (χ3n) is 13.1. The van der Waals surface area contributed by atoms with Gasteiger partial charge in [0.15, 0.2) is 0 Å². The zero-order valence-electron chi connectivity index (χ0n) is 34.6. The Morgan fingerprint density at radius 3 is 1.59 bits per heavy atom. The van der Waals surface area contributed by atoms with E-state index in [9.17, 15) is 0 Å². The monoisotopic (exact) mass is 802 g/mol. The summed E-state index contributed by atoms with van der Waals surface area (Å²) in [5.74, 6) is 0. The van der Waals surface area contributed by atoms with Gasteiger partial charge >= 0.3 is 0 Å². The molecule has 0 saturated heterocycles. The van der Waals surface area contributed by atoms with Crippen LogP contribution in [0.3, 0.4) is 0 Å². The van der Waals surface area contributed by atoms with Gasteiger partial charge in [0.1, 0.15) is 0 Å². The number of nitrogens with one attached hydrogen (secondary N) is 1. The van der Waals surface area contributed by atoms with Gasteiger partial charge in [0.2, 0.25) is 0 Å². The van der Waals surface area contributed by atoms with Gasteiger partial charge in [0.25, 0.3) is 0 Å². The summed E-state index contributed by atoms with van der Waals surface area (Å²) < 4.78 is 2.39. The fourth-order valence-corrected chi connectivity index (χ4v) is 10.2. The molecule has 0 radical (unpaired) electrons. The van der Waals surface area contributed by atoms with E-state index in [1.165, 1.54) is 77.4 Å². The third-order valence-corrected chi connectivity index (χ3v) is 13.1. The second-order valence-corrected chi connectivity index (χ2v) is 16.5. The predicted molar refractivity (Wildman–Crippen MR) is 264 cm³/mol. The Morgan fingerprint density at radius 2 is 0.857 bits per heavy atom. The van der Waals surface area contributed by atoms with Crippen molar-refractivity contribution in [2.75, 3.05) is 5.32 Å². The van der Waals surface area contributed by atoms with Crippen LogP contribution in [0.4, 0.5) is 11.4 Å². The Balaban J connectivity index is 0.960. The molecule has 1 aromatic heterocycles. The molecule has 0 aliphatic heterocycles. The van der Waals surface area contributed by atoms with Gasteiger partial charge in [-0.2, -0.15) is 0 Å². The van der Waals surface area contributed by atoms with Crippen LogP contribution >= 0.6 is 0 Å². The summed E-state index contributed by atoms with van der Waals surface area (Å²) in [7, 11) is 0. The first-order valence-electron chi connectivity index (χ1n) is 21.8. The molecule has 2 nitrogen and oxygen atoms in total. The van der Waals surface area contributed by atoms with E-state index >= 15 is 0 Å². The number of rotatable bonds is 8. The molecule has 1 aliphatic rings. The van der Waals surface area contributed by atoms with Crippen molar-refractivity contribution in [2.24, 2.45) is 0 Å². The SMILES string of the molecule is c1ccc(-c2ccc(-n3c4ccccc4c4cc(-c5ccc(Nc6ccc7c(c6)C(c6ccccc6)(c6ccccc6)c6ccccc6-7)c(-c6ccccc6)c5)ccc43)cc2)cc1. The minimum atomic E-state index is -0.467. The van der Waals surface area contributed by atoms with E-state index in [-0.39, 0.29) is 0 Å². The van der Waals surface area contributed by atoms with Crippen LogP contribution in [0.2, 0.25) is 0 Å². The van der Waals surface area contributed by atoms with Gasteiger partial charge in [-0.25, -0.2) is 0 Å². The van der Waals surface area contributed by atoms with Gasteiger partial charge in [-0.15, -0.1) is 0 Å². The van der Waals surface area contributed by atoms with E-state index in [0.29, 0.717) is 0 Å². The number of aromatic nitrogens is 1. The van der Waals surface area contributed by atoms with Crippen molar-refractivity contribution in [3.63, 3.8) is 0 Å². The van der Waals surface area contributed by atoms with Crippen molar-refractivity contribution in [1.82, 2.24) is 4.57 Å². The first kappa shape index (κ1) is 36.6. The number of para-hydroxylation sites is 1. The Labute approximate surface area is 368 Å². The van der Waals surface area contributed by atoms with Crippen molar-refractivity contribution >= 4 is 33.2 Å². The number of hydrogen-bond donors (Lipinski definition) is 1. The summed E-state index contributed by atoms with van der Waals surface area (Å²) in [6.45, 7) is 0. The normalized spacial score (nSPS) is 12.6. The van der Waals surface area contributed by atoms with Gasteiger partial charge in [0, 0.05) is 33.4 Å². The maximum atomic E-state index is 3.93. The molecule has 10 aromatic carbocycles. The number of benzene rings is 10. The predicted octanol–water partition coefficient (Wildman–Crippen LogP) is 15.9. The first-order chi connectivity index (χ1) is 31.2. The highest BCUT2D eigenvalue weighted by molar-refractivity contribution is 6.10. The largest absolute Gasteiger partial charge is 0.355 e. The minimum absolute atomic E-state index is 0.467. The molecule has 0 saturated carbocycles. The molecule has 0 unspecified atom stereocenters. The lowest BCUT2D eigenvalue weighted by Crippen LogP contribution is -2.28. The van der Waals surface area contributed by atoms with Crippen molar-refractivity contribution in [3.8, 4) is 50.2 Å². The summed E-state index contributed by atoms with van der Waals surface area (Å²) in [6.07, 6.45) is 0. The first-order valence-corrected chi connectivity index (χ1v) is 21.8. The second-order valence-electron chi connectivity index (χ2n) is 16.5. The van der Waals surface area contributed by atoms with E-state index in [2.05, 4.69) is 259 Å². The highest BCUT2D eigenvalue weighted by Crippen LogP contribution is 2.56. The molecule has 63 heavy (non-hydrogen) atoms. The maximum absolute atomic E-state index is 3.93. The molecule has 0 atom stereocenters. The lowest BCUT2D eigenvalue weighted by atomic mass is 9.67. The van der Waals surface area contributed by atoms with Crippen LogP contribution in [0.5, 0.6) is 0 Å². The van der Waals surface area contributed by atoms with E-state index in [1.807, 2.05) is 0 Å². The van der Waals surface area contributed by atoms with E-state index in [4.69, 9.17) is 0 Å². The fraction of sp³-hybridized carbons (Fsp3) is 0.0164. The molecule has 2 heteroatoms. The van der Waals surface area contributed by atoms with Crippen LogP contribution in [0.25, 0.3) is 72.0 Å². The van der Waals surface area contributed by atoms with Crippen LogP contribution in [-0.4, -0.2) is 4.57 Å². The minimum Gasteiger partial charge on any atom is -0.355 e. The van der Waals surface area contributed by atoms with E-state index < -0.39 is 5.41 Å². The van der Waals surface area contributed by atoms with Crippen molar-refractivity contribution in [1.29, 1.82) is 0 Å². The van der Waals surface area contributed by atoms with Gasteiger partial charge in [-0.05, 0) is 116 Å². The lowest BCUT2D eigenvalue weighted by molar-refractivity contribution is 0.769. The highest BCUT2D eigenvalue weighted by Gasteiger charge is 2.46. The smallest absolute Gasteiger partial charge is 0.0714 e. The van der Waals surface area contributed by atoms with Crippen LogP contribution in [0.1, 0.15) is 22.3 Å². The third kappa shape index (κ3) is 6.02. The van der Waals surface area contributed by atoms with Crippen LogP contribution in [0, 0.1) is 0 Å². The summed E-state index contributed by atoms with van der Waals surface area (Å²) in [4.78, 5) is 0. The van der Waals surface area contributed by atoms with Gasteiger partial charge < -0.3 is 9.88 Å². The fourth-order valence-electron chi connectivity index (χ4n) is 10.2.